The highest BCUT2D eigenvalue weighted by Gasteiger charge is 2.15. The summed E-state index contributed by atoms with van der Waals surface area (Å²) >= 11 is 1.49. The van der Waals surface area contributed by atoms with Crippen molar-refractivity contribution in [1.82, 2.24) is 9.97 Å². The predicted molar refractivity (Wildman–Crippen MR) is 120 cm³/mol. The highest BCUT2D eigenvalue weighted by atomic mass is 32.1. The maximum atomic E-state index is 12.3. The molecule has 0 saturated carbocycles. The Bertz CT molecular complexity index is 1210. The van der Waals surface area contributed by atoms with Gasteiger partial charge >= 0.3 is 0 Å². The topological polar surface area (TPSA) is 110 Å². The number of para-hydroxylation sites is 1. The number of hydrogen-bond donors (Lipinski definition) is 2. The van der Waals surface area contributed by atoms with Crippen LogP contribution in [-0.4, -0.2) is 20.8 Å². The molecule has 0 fully saturated rings. The lowest BCUT2D eigenvalue weighted by atomic mass is 10.1. The fourth-order valence-corrected chi connectivity index (χ4v) is 3.70. The molecule has 0 aliphatic heterocycles. The van der Waals surface area contributed by atoms with Crippen LogP contribution in [0.15, 0.2) is 78.4 Å². The molecule has 0 aliphatic carbocycles. The average molecular weight is 431 g/mol. The number of anilines is 3. The molecular weight excluding hydrogens is 414 g/mol. The first kappa shape index (κ1) is 20.2. The second-order valence-corrected chi connectivity index (χ2v) is 7.45. The minimum atomic E-state index is -0.484. The van der Waals surface area contributed by atoms with Crippen molar-refractivity contribution in [1.29, 1.82) is 0 Å². The Hall–Kier alpha value is -4.11. The van der Waals surface area contributed by atoms with Gasteiger partial charge in [0.05, 0.1) is 17.0 Å². The van der Waals surface area contributed by atoms with Crippen LogP contribution in [0.25, 0.3) is 11.3 Å². The third kappa shape index (κ3) is 5.09. The number of amides is 1. The smallest absolute Gasteiger partial charge is 0.273 e. The van der Waals surface area contributed by atoms with E-state index in [1.54, 1.807) is 42.7 Å². The highest BCUT2D eigenvalue weighted by molar-refractivity contribution is 7.14. The number of rotatable bonds is 7. The Balaban J connectivity index is 1.37. The van der Waals surface area contributed by atoms with Gasteiger partial charge in [0, 0.05) is 46.3 Å². The van der Waals surface area contributed by atoms with E-state index in [9.17, 15) is 14.9 Å². The van der Waals surface area contributed by atoms with Crippen molar-refractivity contribution >= 4 is 39.4 Å². The van der Waals surface area contributed by atoms with Crippen LogP contribution in [0.2, 0.25) is 0 Å². The Morgan fingerprint density at radius 2 is 1.71 bits per heavy atom. The monoisotopic (exact) mass is 431 g/mol. The summed E-state index contributed by atoms with van der Waals surface area (Å²) in [5, 5.41) is 19.8. The van der Waals surface area contributed by atoms with E-state index in [1.807, 2.05) is 29.6 Å². The van der Waals surface area contributed by atoms with Crippen molar-refractivity contribution in [2.24, 2.45) is 0 Å². The number of thiazole rings is 1. The number of pyridine rings is 1. The molecule has 2 N–H and O–H groups in total. The van der Waals surface area contributed by atoms with Crippen molar-refractivity contribution in [2.75, 3.05) is 10.6 Å². The number of benzene rings is 2. The minimum absolute atomic E-state index is 0.0632. The van der Waals surface area contributed by atoms with Crippen LogP contribution in [0, 0.1) is 10.1 Å². The third-order valence-electron chi connectivity index (χ3n) is 4.44. The van der Waals surface area contributed by atoms with Gasteiger partial charge in [0.2, 0.25) is 5.91 Å². The average Bonchev–Trinajstić information content (AvgIpc) is 3.24. The summed E-state index contributed by atoms with van der Waals surface area (Å²) in [5.74, 6) is -0.322. The number of carbonyl (C=O) groups is 1. The molecule has 2 heterocycles. The first-order chi connectivity index (χ1) is 15.1. The minimum Gasteiger partial charge on any atom is -0.332 e. The van der Waals surface area contributed by atoms with Gasteiger partial charge in [-0.1, -0.05) is 18.2 Å². The summed E-state index contributed by atoms with van der Waals surface area (Å²) in [6.45, 7) is 0. The third-order valence-corrected chi connectivity index (χ3v) is 5.20. The summed E-state index contributed by atoms with van der Waals surface area (Å²) in [6, 6.07) is 17.2. The lowest BCUT2D eigenvalue weighted by Crippen LogP contribution is -2.15. The van der Waals surface area contributed by atoms with Gasteiger partial charge in [-0.2, -0.15) is 0 Å². The second kappa shape index (κ2) is 9.14. The van der Waals surface area contributed by atoms with Gasteiger partial charge in [0.1, 0.15) is 0 Å². The first-order valence-electron chi connectivity index (χ1n) is 9.33. The maximum Gasteiger partial charge on any atom is 0.273 e. The van der Waals surface area contributed by atoms with Crippen LogP contribution >= 0.6 is 11.3 Å². The standard InChI is InChI=1S/C22H17N5O3S/c28-21(13-16-3-1-2-4-20(16)27(29)30)24-17-5-7-18(8-6-17)25-22-26-19(14-31-22)15-9-11-23-12-10-15/h1-12,14H,13H2,(H,24,28)(H,25,26). The van der Waals surface area contributed by atoms with Crippen molar-refractivity contribution in [2.45, 2.75) is 6.42 Å². The van der Waals surface area contributed by atoms with E-state index in [1.165, 1.54) is 17.4 Å². The van der Waals surface area contributed by atoms with Crippen LogP contribution in [0.4, 0.5) is 22.2 Å². The number of nitrogens with zero attached hydrogens (tertiary/aromatic N) is 3. The van der Waals surface area contributed by atoms with Crippen LogP contribution in [0.3, 0.4) is 0 Å². The SMILES string of the molecule is O=C(Cc1ccccc1[N+](=O)[O-])Nc1ccc(Nc2nc(-c3ccncc3)cs2)cc1. The van der Waals surface area contributed by atoms with Crippen molar-refractivity contribution in [3.8, 4) is 11.3 Å². The summed E-state index contributed by atoms with van der Waals surface area (Å²) in [4.78, 5) is 31.5. The molecule has 0 radical (unpaired) electrons. The number of nitrogens with one attached hydrogen (secondary N) is 2. The van der Waals surface area contributed by atoms with Gasteiger partial charge < -0.3 is 10.6 Å². The van der Waals surface area contributed by atoms with Crippen molar-refractivity contribution < 1.29 is 9.72 Å². The molecule has 0 saturated heterocycles. The largest absolute Gasteiger partial charge is 0.332 e. The van der Waals surface area contributed by atoms with Crippen molar-refractivity contribution in [3.05, 3.63) is 94.1 Å². The van der Waals surface area contributed by atoms with E-state index in [-0.39, 0.29) is 18.0 Å². The van der Waals surface area contributed by atoms with Crippen LogP contribution in [0.1, 0.15) is 5.56 Å². The molecule has 0 spiro atoms. The second-order valence-electron chi connectivity index (χ2n) is 6.59. The summed E-state index contributed by atoms with van der Waals surface area (Å²) in [5.41, 5.74) is 3.60. The number of nitro groups is 1. The Labute approximate surface area is 181 Å². The van der Waals surface area contributed by atoms with Crippen molar-refractivity contribution in [3.63, 3.8) is 0 Å². The molecule has 8 nitrogen and oxygen atoms in total. The van der Waals surface area contributed by atoms with Gasteiger partial charge in [-0.05, 0) is 36.4 Å². The molecule has 9 heteroatoms. The molecule has 154 valence electrons. The Kier molecular flexibility index (Phi) is 5.95. The van der Waals surface area contributed by atoms with Gasteiger partial charge in [0.25, 0.3) is 5.69 Å². The molecule has 1 amide bonds. The number of nitro benzene ring substituents is 1. The van der Waals surface area contributed by atoms with E-state index in [4.69, 9.17) is 0 Å². The molecule has 0 unspecified atom stereocenters. The Morgan fingerprint density at radius 1 is 1.00 bits per heavy atom. The fraction of sp³-hybridized carbons (Fsp3) is 0.0455. The summed E-state index contributed by atoms with van der Waals surface area (Å²) < 4.78 is 0. The zero-order chi connectivity index (χ0) is 21.6. The Morgan fingerprint density at radius 3 is 2.45 bits per heavy atom. The summed E-state index contributed by atoms with van der Waals surface area (Å²) in [7, 11) is 0. The highest BCUT2D eigenvalue weighted by Crippen LogP contribution is 2.27. The molecule has 4 aromatic rings. The van der Waals surface area contributed by atoms with Crippen LogP contribution in [-0.2, 0) is 11.2 Å². The maximum absolute atomic E-state index is 12.3. The first-order valence-corrected chi connectivity index (χ1v) is 10.2. The molecule has 0 atom stereocenters. The zero-order valence-corrected chi connectivity index (χ0v) is 17.0. The number of hydrogen-bond acceptors (Lipinski definition) is 7. The molecule has 2 aromatic heterocycles. The lowest BCUT2D eigenvalue weighted by Gasteiger charge is -2.08. The summed E-state index contributed by atoms with van der Waals surface area (Å²) in [6.07, 6.45) is 3.38. The van der Waals surface area contributed by atoms with E-state index >= 15 is 0 Å². The van der Waals surface area contributed by atoms with Gasteiger partial charge in [-0.25, -0.2) is 4.98 Å². The van der Waals surface area contributed by atoms with Gasteiger partial charge in [-0.15, -0.1) is 11.3 Å². The van der Waals surface area contributed by atoms with E-state index in [0.717, 1.165) is 22.1 Å². The van der Waals surface area contributed by atoms with Gasteiger partial charge in [-0.3, -0.25) is 19.9 Å². The number of aromatic nitrogens is 2. The molecule has 0 bridgehead atoms. The number of carbonyl (C=O) groups excluding carboxylic acids is 1. The van der Waals surface area contributed by atoms with Gasteiger partial charge in [0.15, 0.2) is 5.13 Å². The lowest BCUT2D eigenvalue weighted by molar-refractivity contribution is -0.385. The fourth-order valence-electron chi connectivity index (χ4n) is 2.96. The van der Waals surface area contributed by atoms with E-state index < -0.39 is 4.92 Å². The zero-order valence-electron chi connectivity index (χ0n) is 16.2. The molecule has 31 heavy (non-hydrogen) atoms. The quantitative estimate of drug-likeness (QED) is 0.313. The molecular formula is C22H17N5O3S. The predicted octanol–water partition coefficient (Wildman–Crippen LogP) is 5.04. The van der Waals surface area contributed by atoms with Crippen LogP contribution in [0.5, 0.6) is 0 Å². The normalized spacial score (nSPS) is 10.5. The van der Waals surface area contributed by atoms with E-state index in [0.29, 0.717) is 11.3 Å². The molecule has 2 aromatic carbocycles. The molecule has 4 rings (SSSR count). The van der Waals surface area contributed by atoms with Crippen LogP contribution < -0.4 is 10.6 Å². The molecule has 0 aliphatic rings. The van der Waals surface area contributed by atoms with E-state index in [2.05, 4.69) is 20.6 Å².